The lowest BCUT2D eigenvalue weighted by Gasteiger charge is -2.05. The van der Waals surface area contributed by atoms with E-state index in [0.29, 0.717) is 17.5 Å². The highest BCUT2D eigenvalue weighted by molar-refractivity contribution is 7.98. The number of aryl methyl sites for hydroxylation is 1. The van der Waals surface area contributed by atoms with Gasteiger partial charge in [0.05, 0.1) is 12.8 Å². The van der Waals surface area contributed by atoms with E-state index in [0.717, 1.165) is 17.7 Å². The van der Waals surface area contributed by atoms with Gasteiger partial charge in [-0.15, -0.1) is 10.2 Å². The lowest BCUT2D eigenvalue weighted by atomic mass is 10.2. The van der Waals surface area contributed by atoms with E-state index < -0.39 is 0 Å². The summed E-state index contributed by atoms with van der Waals surface area (Å²) in [5.74, 6) is 0.822. The largest absolute Gasteiger partial charge is 0.494 e. The highest BCUT2D eigenvalue weighted by Gasteiger charge is 2.07. The molecule has 6 nitrogen and oxygen atoms in total. The van der Waals surface area contributed by atoms with Crippen LogP contribution in [0.2, 0.25) is 0 Å². The summed E-state index contributed by atoms with van der Waals surface area (Å²) in [4.78, 5) is 12.1. The Kier molecular flexibility index (Phi) is 5.71. The minimum Gasteiger partial charge on any atom is -0.494 e. The van der Waals surface area contributed by atoms with Gasteiger partial charge in [-0.2, -0.15) is 9.78 Å². The Balaban J connectivity index is 2.22. The zero-order valence-electron chi connectivity index (χ0n) is 12.8. The minimum absolute atomic E-state index is 0.265. The highest BCUT2D eigenvalue weighted by Crippen LogP contribution is 2.12. The topological polar surface area (TPSA) is 69.4 Å². The first kappa shape index (κ1) is 16.2. The molecule has 0 aliphatic carbocycles. The van der Waals surface area contributed by atoms with Gasteiger partial charge in [-0.05, 0) is 49.4 Å². The predicted molar refractivity (Wildman–Crippen MR) is 88.0 cm³/mol. The molecule has 0 spiro atoms. The molecule has 0 fully saturated rings. The van der Waals surface area contributed by atoms with Crippen molar-refractivity contribution in [1.82, 2.24) is 14.9 Å². The maximum atomic E-state index is 12.1. The van der Waals surface area contributed by atoms with Crippen molar-refractivity contribution in [2.45, 2.75) is 25.4 Å². The SMILES string of the molecule is CCCOc1ccc(/C=N\n2c(SC)nnc(C)c2=O)cc1. The minimum atomic E-state index is -0.265. The average molecular weight is 318 g/mol. The monoisotopic (exact) mass is 318 g/mol. The number of hydrogen-bond acceptors (Lipinski definition) is 6. The maximum Gasteiger partial charge on any atom is 0.296 e. The van der Waals surface area contributed by atoms with Gasteiger partial charge in [-0.25, -0.2) is 0 Å². The van der Waals surface area contributed by atoms with Gasteiger partial charge < -0.3 is 4.74 Å². The van der Waals surface area contributed by atoms with Gasteiger partial charge in [-0.3, -0.25) is 4.79 Å². The van der Waals surface area contributed by atoms with Gasteiger partial charge in [0.2, 0.25) is 5.16 Å². The molecule has 0 aliphatic rings. The van der Waals surface area contributed by atoms with Crippen LogP contribution in [0, 0.1) is 6.92 Å². The summed E-state index contributed by atoms with van der Waals surface area (Å²) in [6, 6.07) is 7.54. The number of aromatic nitrogens is 3. The van der Waals surface area contributed by atoms with Crippen LogP contribution in [0.3, 0.4) is 0 Å². The first-order valence-electron chi connectivity index (χ1n) is 6.93. The first-order valence-corrected chi connectivity index (χ1v) is 8.15. The summed E-state index contributed by atoms with van der Waals surface area (Å²) in [5.41, 5.74) is 0.925. The molecule has 0 N–H and O–H groups in total. The van der Waals surface area contributed by atoms with E-state index in [1.54, 1.807) is 13.1 Å². The molecule has 22 heavy (non-hydrogen) atoms. The molecule has 116 valence electrons. The third kappa shape index (κ3) is 3.94. The smallest absolute Gasteiger partial charge is 0.296 e. The number of nitrogens with zero attached hydrogens (tertiary/aromatic N) is 4. The molecular formula is C15H18N4O2S. The van der Waals surface area contributed by atoms with Crippen molar-refractivity contribution >= 4 is 18.0 Å². The molecule has 1 heterocycles. The summed E-state index contributed by atoms with van der Waals surface area (Å²) in [7, 11) is 0. The zero-order chi connectivity index (χ0) is 15.9. The molecule has 0 atom stereocenters. The molecule has 0 amide bonds. The van der Waals surface area contributed by atoms with Crippen molar-refractivity contribution in [2.24, 2.45) is 5.10 Å². The molecule has 0 radical (unpaired) electrons. The maximum absolute atomic E-state index is 12.1. The van der Waals surface area contributed by atoms with Crippen molar-refractivity contribution in [1.29, 1.82) is 0 Å². The first-order chi connectivity index (χ1) is 10.7. The standard InChI is InChI=1S/C15H18N4O2S/c1-4-9-21-13-7-5-12(6-8-13)10-16-19-14(20)11(2)17-18-15(19)22-3/h5-8,10H,4,9H2,1-3H3/b16-10-. The Labute approximate surface area is 133 Å². The van der Waals surface area contributed by atoms with Crippen molar-refractivity contribution < 1.29 is 4.74 Å². The number of benzene rings is 1. The van der Waals surface area contributed by atoms with Gasteiger partial charge in [0.25, 0.3) is 5.56 Å². The molecule has 1 aromatic carbocycles. The number of ether oxygens (including phenoxy) is 1. The normalized spacial score (nSPS) is 11.0. The van der Waals surface area contributed by atoms with Gasteiger partial charge in [0.1, 0.15) is 11.4 Å². The molecule has 1 aromatic heterocycles. The molecule has 2 aromatic rings. The van der Waals surface area contributed by atoms with E-state index in [4.69, 9.17) is 4.74 Å². The van der Waals surface area contributed by atoms with Gasteiger partial charge in [0, 0.05) is 0 Å². The Morgan fingerprint density at radius 2 is 2.05 bits per heavy atom. The van der Waals surface area contributed by atoms with E-state index >= 15 is 0 Å². The Bertz CT molecular complexity index is 710. The van der Waals surface area contributed by atoms with Crippen LogP contribution in [0.1, 0.15) is 24.6 Å². The van der Waals surface area contributed by atoms with Gasteiger partial charge in [-0.1, -0.05) is 18.7 Å². The molecule has 0 aliphatic heterocycles. The number of thioether (sulfide) groups is 1. The summed E-state index contributed by atoms with van der Waals surface area (Å²) in [6.45, 7) is 4.38. The number of rotatable bonds is 6. The Morgan fingerprint density at radius 3 is 2.68 bits per heavy atom. The van der Waals surface area contributed by atoms with Gasteiger partial charge >= 0.3 is 0 Å². The fourth-order valence-corrected chi connectivity index (χ4v) is 2.09. The van der Waals surface area contributed by atoms with Crippen LogP contribution >= 0.6 is 11.8 Å². The third-order valence-electron chi connectivity index (χ3n) is 2.83. The van der Waals surface area contributed by atoms with E-state index in [1.807, 2.05) is 30.5 Å². The second kappa shape index (κ2) is 7.74. The van der Waals surface area contributed by atoms with Crippen LogP contribution in [-0.2, 0) is 0 Å². The fraction of sp³-hybridized carbons (Fsp3) is 0.333. The van der Waals surface area contributed by atoms with E-state index in [9.17, 15) is 4.79 Å². The molecule has 0 saturated heterocycles. The van der Waals surface area contributed by atoms with Crippen LogP contribution < -0.4 is 10.3 Å². The fourth-order valence-electron chi connectivity index (χ4n) is 1.67. The summed E-state index contributed by atoms with van der Waals surface area (Å²) in [6.07, 6.45) is 4.41. The van der Waals surface area contributed by atoms with Crippen LogP contribution in [0.5, 0.6) is 5.75 Å². The Hall–Kier alpha value is -2.15. The van der Waals surface area contributed by atoms with Crippen molar-refractivity contribution in [3.8, 4) is 5.75 Å². The van der Waals surface area contributed by atoms with Gasteiger partial charge in [0.15, 0.2) is 0 Å². The lowest BCUT2D eigenvalue weighted by molar-refractivity contribution is 0.317. The summed E-state index contributed by atoms with van der Waals surface area (Å²) >= 11 is 1.32. The lowest BCUT2D eigenvalue weighted by Crippen LogP contribution is -2.23. The predicted octanol–water partition coefficient (Wildman–Crippen LogP) is 2.34. The molecular weight excluding hydrogens is 300 g/mol. The summed E-state index contributed by atoms with van der Waals surface area (Å²) < 4.78 is 6.78. The summed E-state index contributed by atoms with van der Waals surface area (Å²) in [5, 5.41) is 12.4. The molecule has 0 bridgehead atoms. The quantitative estimate of drug-likeness (QED) is 0.604. The van der Waals surface area contributed by atoms with Crippen molar-refractivity contribution in [2.75, 3.05) is 12.9 Å². The van der Waals surface area contributed by atoms with E-state index in [2.05, 4.69) is 22.2 Å². The molecule has 2 rings (SSSR count). The van der Waals surface area contributed by atoms with Crippen LogP contribution in [0.4, 0.5) is 0 Å². The number of hydrogen-bond donors (Lipinski definition) is 0. The van der Waals surface area contributed by atoms with E-state index in [-0.39, 0.29) is 5.56 Å². The zero-order valence-corrected chi connectivity index (χ0v) is 13.6. The second-order valence-corrected chi connectivity index (χ2v) is 5.32. The van der Waals surface area contributed by atoms with Crippen molar-refractivity contribution in [3.05, 3.63) is 45.9 Å². The average Bonchev–Trinajstić information content (AvgIpc) is 2.55. The molecule has 0 saturated carbocycles. The Morgan fingerprint density at radius 1 is 1.32 bits per heavy atom. The third-order valence-corrected chi connectivity index (χ3v) is 3.45. The second-order valence-electron chi connectivity index (χ2n) is 4.55. The van der Waals surface area contributed by atoms with Crippen LogP contribution in [0.15, 0.2) is 39.3 Å². The van der Waals surface area contributed by atoms with Crippen molar-refractivity contribution in [3.63, 3.8) is 0 Å². The van der Waals surface area contributed by atoms with E-state index in [1.165, 1.54) is 16.4 Å². The highest BCUT2D eigenvalue weighted by atomic mass is 32.2. The molecule has 0 unspecified atom stereocenters. The van der Waals surface area contributed by atoms with Crippen LogP contribution in [0.25, 0.3) is 0 Å². The van der Waals surface area contributed by atoms with Crippen LogP contribution in [-0.4, -0.2) is 34.0 Å². The molecule has 7 heteroatoms.